The second kappa shape index (κ2) is 19.9. The maximum atomic E-state index is 14.2. The number of amides is 2. The maximum Gasteiger partial charge on any atom is 0.355 e. The lowest BCUT2D eigenvalue weighted by atomic mass is 9.77. The Balaban J connectivity index is 0.979. The molecular weight excluding hydrogens is 927 g/mol. The molecule has 2 aliphatic heterocycles. The fourth-order valence-electron chi connectivity index (χ4n) is 8.09. The Hall–Kier alpha value is -6.92. The first kappa shape index (κ1) is 45.2. The number of fused-ring (bicyclic) bond motifs is 2. The maximum absolute atomic E-state index is 14.2. The molecular formula is C50H41N5O8S4. The molecule has 338 valence electrons. The number of anilines is 1. The number of nitrogens with one attached hydrogen (secondary N) is 2. The van der Waals surface area contributed by atoms with Gasteiger partial charge in [-0.05, 0) is 52.1 Å². The summed E-state index contributed by atoms with van der Waals surface area (Å²) in [6.45, 7) is -0.112. The summed E-state index contributed by atoms with van der Waals surface area (Å²) >= 11 is 3.98. The molecule has 0 radical (unpaired) electrons. The number of benzene rings is 5. The number of thioether (sulfide) groups is 1. The van der Waals surface area contributed by atoms with E-state index < -0.39 is 45.5 Å². The number of aromatic nitrogens is 1. The molecule has 2 N–H and O–H groups in total. The van der Waals surface area contributed by atoms with E-state index in [1.54, 1.807) is 48.9 Å². The molecule has 1 fully saturated rings. The molecule has 2 aliphatic rings. The number of thiazole rings is 1. The highest BCUT2D eigenvalue weighted by atomic mass is 32.2. The number of esters is 1. The molecule has 2 aromatic heterocycles. The van der Waals surface area contributed by atoms with E-state index in [2.05, 4.69) is 15.8 Å². The average Bonchev–Trinajstić information content (AvgIpc) is 3.83. The predicted molar refractivity (Wildman–Crippen MR) is 263 cm³/mol. The number of hydrogen-bond donors (Lipinski definition) is 2. The third-order valence-electron chi connectivity index (χ3n) is 11.3. The normalized spacial score (nSPS) is 17.0. The zero-order valence-corrected chi connectivity index (χ0v) is 39.2. The molecule has 17 heteroatoms. The topological polar surface area (TPSA) is 166 Å². The van der Waals surface area contributed by atoms with Gasteiger partial charge in [-0.1, -0.05) is 120 Å². The van der Waals surface area contributed by atoms with Gasteiger partial charge in [-0.15, -0.1) is 34.4 Å². The number of nitrogens with zero attached hydrogens (tertiary/aromatic N) is 3. The molecule has 4 heterocycles. The van der Waals surface area contributed by atoms with Crippen molar-refractivity contribution in [2.24, 2.45) is 5.16 Å². The first-order valence-electron chi connectivity index (χ1n) is 20.9. The summed E-state index contributed by atoms with van der Waals surface area (Å²) in [4.78, 5) is 66.6. The lowest BCUT2D eigenvalue weighted by molar-refractivity contribution is -0.153. The van der Waals surface area contributed by atoms with E-state index in [0.717, 1.165) is 26.3 Å². The second-order valence-corrected chi connectivity index (χ2v) is 20.0. The largest absolute Gasteiger partial charge is 0.497 e. The lowest BCUT2D eigenvalue weighted by Gasteiger charge is -2.49. The molecule has 7 aromatic rings. The number of β-lactam (4-membered cyclic amide) rings is 1. The minimum absolute atomic E-state index is 0.0472. The highest BCUT2D eigenvalue weighted by molar-refractivity contribution is 8.01. The van der Waals surface area contributed by atoms with Crippen molar-refractivity contribution in [3.8, 4) is 5.75 Å². The van der Waals surface area contributed by atoms with Crippen molar-refractivity contribution >= 4 is 83.9 Å². The van der Waals surface area contributed by atoms with Gasteiger partial charge in [0.2, 0.25) is 0 Å². The number of carbonyl (C=O) groups excluding carboxylic acids is 3. The molecule has 0 saturated carbocycles. The van der Waals surface area contributed by atoms with E-state index in [0.29, 0.717) is 31.6 Å². The van der Waals surface area contributed by atoms with E-state index in [9.17, 15) is 23.4 Å². The lowest BCUT2D eigenvalue weighted by Crippen LogP contribution is -2.74. The standard InChI is InChI=1S/C50H41N5O8S4/c1-61-36-24-22-31(23-25-36)27-63-48(59)44-32(28-64-41-26-39(56)37-20-12-13-21-40(37)66-41)30-67(60)47-43(46(58)55(44)47)52-45(57)42(54-62-2)38-29-65-49(51-38)53-50(33-14-6-3-7-15-33,34-16-8-4-9-17-34)35-18-10-5-11-19-35/h3-26,29,43,47H,27-28,30H2,1-2H3,(H,51,53)(H,52,57)/b54-42-. The number of oxime groups is 1. The van der Waals surface area contributed by atoms with Crippen LogP contribution >= 0.6 is 34.4 Å². The zero-order valence-electron chi connectivity index (χ0n) is 36.0. The van der Waals surface area contributed by atoms with Crippen LogP contribution in [0.25, 0.3) is 10.1 Å². The van der Waals surface area contributed by atoms with Gasteiger partial charge >= 0.3 is 5.97 Å². The van der Waals surface area contributed by atoms with Gasteiger partial charge in [-0.2, -0.15) is 0 Å². The molecule has 2 amide bonds. The van der Waals surface area contributed by atoms with Gasteiger partial charge in [-0.25, -0.2) is 9.78 Å². The van der Waals surface area contributed by atoms with Gasteiger partial charge < -0.3 is 24.9 Å². The van der Waals surface area contributed by atoms with Crippen LogP contribution in [0.1, 0.15) is 27.9 Å². The molecule has 13 nitrogen and oxygen atoms in total. The Kier molecular flexibility index (Phi) is 13.4. The Bertz CT molecular complexity index is 3010. The summed E-state index contributed by atoms with van der Waals surface area (Å²) in [6, 6.07) is 44.5. The van der Waals surface area contributed by atoms with Gasteiger partial charge in [0.1, 0.15) is 47.8 Å². The molecule has 3 atom stereocenters. The van der Waals surface area contributed by atoms with E-state index in [1.807, 2.05) is 103 Å². The van der Waals surface area contributed by atoms with Crippen LogP contribution in [0.4, 0.5) is 5.13 Å². The van der Waals surface area contributed by atoms with Crippen molar-refractivity contribution in [3.63, 3.8) is 0 Å². The fraction of sp³-hybridized carbons (Fsp3) is 0.160. The van der Waals surface area contributed by atoms with Crippen LogP contribution in [0, 0.1) is 0 Å². The molecule has 3 unspecified atom stereocenters. The molecule has 9 rings (SSSR count). The van der Waals surface area contributed by atoms with Gasteiger partial charge in [0.25, 0.3) is 11.8 Å². The SMILES string of the molecule is CO/N=C(\C(=O)NC1C(=O)N2C(C(=O)OCc3ccc(OC)cc3)=C(CSc3cc(=O)c4ccccc4s3)CS(=O)C12)c1csc(NC(c2ccccc2)(c2ccccc2)c2ccccc2)n1. The van der Waals surface area contributed by atoms with E-state index in [-0.39, 0.29) is 40.6 Å². The van der Waals surface area contributed by atoms with E-state index in [1.165, 1.54) is 47.6 Å². The van der Waals surface area contributed by atoms with Crippen molar-refractivity contribution in [2.45, 2.75) is 27.8 Å². The molecule has 0 spiro atoms. The Morgan fingerprint density at radius 2 is 1.49 bits per heavy atom. The predicted octanol–water partition coefficient (Wildman–Crippen LogP) is 7.69. The van der Waals surface area contributed by atoms with Crippen LogP contribution in [-0.4, -0.2) is 74.7 Å². The highest BCUT2D eigenvalue weighted by Crippen LogP contribution is 2.42. The van der Waals surface area contributed by atoms with Crippen LogP contribution in [0.3, 0.4) is 0 Å². The minimum atomic E-state index is -1.77. The summed E-state index contributed by atoms with van der Waals surface area (Å²) in [5.74, 6) is -1.56. The monoisotopic (exact) mass is 967 g/mol. The highest BCUT2D eigenvalue weighted by Gasteiger charge is 2.57. The van der Waals surface area contributed by atoms with Gasteiger partial charge in [0.05, 0.1) is 27.9 Å². The average molecular weight is 968 g/mol. The Morgan fingerprint density at radius 3 is 2.12 bits per heavy atom. The number of ether oxygens (including phenoxy) is 2. The second-order valence-electron chi connectivity index (χ2n) is 15.3. The molecule has 5 aromatic carbocycles. The number of methoxy groups -OCH3 is 1. The smallest absolute Gasteiger partial charge is 0.355 e. The number of hydrogen-bond acceptors (Lipinski definition) is 14. The quantitative estimate of drug-likeness (QED) is 0.0244. The Morgan fingerprint density at radius 1 is 0.866 bits per heavy atom. The van der Waals surface area contributed by atoms with Crippen molar-refractivity contribution in [1.82, 2.24) is 15.2 Å². The molecule has 0 aliphatic carbocycles. The minimum Gasteiger partial charge on any atom is -0.497 e. The first-order valence-corrected chi connectivity index (χ1v) is 25.0. The van der Waals surface area contributed by atoms with Gasteiger partial charge in [0.15, 0.2) is 16.3 Å². The summed E-state index contributed by atoms with van der Waals surface area (Å²) in [5, 5.41) is 12.1. The summed E-state index contributed by atoms with van der Waals surface area (Å²) in [7, 11) is 1.07. The van der Waals surface area contributed by atoms with Crippen LogP contribution < -0.4 is 20.8 Å². The van der Waals surface area contributed by atoms with Gasteiger partial charge in [-0.3, -0.25) is 23.5 Å². The van der Waals surface area contributed by atoms with Crippen molar-refractivity contribution in [1.29, 1.82) is 0 Å². The van der Waals surface area contributed by atoms with Crippen LogP contribution in [0.15, 0.2) is 176 Å². The van der Waals surface area contributed by atoms with Crippen LogP contribution in [0.2, 0.25) is 0 Å². The van der Waals surface area contributed by atoms with Gasteiger partial charge in [0, 0.05) is 27.3 Å². The first-order chi connectivity index (χ1) is 32.7. The molecule has 1 saturated heterocycles. The summed E-state index contributed by atoms with van der Waals surface area (Å²) in [5.41, 5.74) is 2.80. The van der Waals surface area contributed by atoms with Crippen molar-refractivity contribution in [3.05, 3.63) is 200 Å². The third-order valence-corrected chi connectivity index (χ3v) is 16.1. The molecule has 67 heavy (non-hydrogen) atoms. The van der Waals surface area contributed by atoms with E-state index >= 15 is 0 Å². The fourth-order valence-corrected chi connectivity index (χ4v) is 12.9. The van der Waals surface area contributed by atoms with Crippen LogP contribution in [-0.2, 0) is 46.9 Å². The third kappa shape index (κ3) is 9.15. The number of rotatable bonds is 16. The summed E-state index contributed by atoms with van der Waals surface area (Å²) < 4.78 is 26.7. The zero-order chi connectivity index (χ0) is 46.5. The number of carbonyl (C=O) groups is 3. The molecule has 0 bridgehead atoms. The van der Waals surface area contributed by atoms with Crippen LogP contribution in [0.5, 0.6) is 5.75 Å². The van der Waals surface area contributed by atoms with Crippen molar-refractivity contribution < 1.29 is 32.9 Å². The Labute approximate surface area is 400 Å². The van der Waals surface area contributed by atoms with Crippen molar-refractivity contribution in [2.75, 3.05) is 31.0 Å². The van der Waals surface area contributed by atoms with E-state index in [4.69, 9.17) is 19.3 Å². The summed E-state index contributed by atoms with van der Waals surface area (Å²) in [6.07, 6.45) is 0.